The lowest BCUT2D eigenvalue weighted by Gasteiger charge is -2.25. The van der Waals surface area contributed by atoms with Crippen LogP contribution >= 0.6 is 0 Å². The van der Waals surface area contributed by atoms with E-state index in [0.717, 1.165) is 91.0 Å². The minimum Gasteiger partial charge on any atom is -0.359 e. The number of amides is 12. The number of hydrogen-bond donors (Lipinski definition) is 18. The number of carbonyl (C=O) groups excluding carboxylic acids is 12. The van der Waals surface area contributed by atoms with E-state index in [2.05, 4.69) is 105 Å². The lowest BCUT2D eigenvalue weighted by atomic mass is 10.2. The summed E-state index contributed by atoms with van der Waals surface area (Å²) in [6.45, 7) is 15.6. The molecule has 0 rings (SSSR count). The van der Waals surface area contributed by atoms with Crippen LogP contribution in [0.2, 0.25) is 0 Å². The molecule has 0 heterocycles. The summed E-state index contributed by atoms with van der Waals surface area (Å²) in [6.07, 6.45) is 9.84. The van der Waals surface area contributed by atoms with Crippen LogP contribution in [-0.2, 0) is 57.5 Å². The molecule has 0 bridgehead atoms. The molecule has 0 unspecified atom stereocenters. The molecule has 12 amide bonds. The van der Waals surface area contributed by atoms with Crippen molar-refractivity contribution in [2.75, 3.05) is 229 Å². The van der Waals surface area contributed by atoms with Crippen LogP contribution < -0.4 is 96.5 Å². The van der Waals surface area contributed by atoms with E-state index in [9.17, 15) is 57.5 Å². The van der Waals surface area contributed by atoms with E-state index < -0.39 is 0 Å². The van der Waals surface area contributed by atoms with Crippen LogP contribution in [0.1, 0.15) is 117 Å². The molecule has 0 aromatic rings. The Morgan fingerprint density at radius 2 is 0.367 bits per heavy atom. The fourth-order valence-electron chi connectivity index (χ4n) is 8.05. The number of nitrogens with zero attached hydrogens (tertiary/aromatic N) is 4. The van der Waals surface area contributed by atoms with Crippen molar-refractivity contribution in [1.82, 2.24) is 105 Å². The molecule has 98 heavy (non-hydrogen) atoms. The van der Waals surface area contributed by atoms with Gasteiger partial charge in [-0.25, -0.2) is 0 Å². The molecule has 0 saturated heterocycles. The fourth-order valence-corrected chi connectivity index (χ4v) is 8.05. The zero-order valence-electron chi connectivity index (χ0n) is 61.4. The normalized spacial score (nSPS) is 10.2. The molecule has 0 saturated carbocycles. The van der Waals surface area contributed by atoms with E-state index in [1.165, 1.54) is 0 Å². The summed E-state index contributed by atoms with van der Waals surface area (Å²) in [5.74, 6) is 0.103. The van der Waals surface area contributed by atoms with Crippen LogP contribution in [0, 0.1) is 0 Å². The van der Waals surface area contributed by atoms with Gasteiger partial charge in [-0.15, -0.1) is 0 Å². The second kappa shape index (κ2) is 77.6. The third kappa shape index (κ3) is 76.6. The van der Waals surface area contributed by atoms with Gasteiger partial charge in [0.2, 0.25) is 70.9 Å². The average molecular weight is 1410 g/mol. The van der Waals surface area contributed by atoms with Crippen molar-refractivity contribution in [2.24, 2.45) is 11.5 Å². The number of carbonyl (C=O) groups is 12. The van der Waals surface area contributed by atoms with Gasteiger partial charge in [-0.1, -0.05) is 7.43 Å². The van der Waals surface area contributed by atoms with Crippen molar-refractivity contribution in [3.63, 3.8) is 0 Å². The van der Waals surface area contributed by atoms with Crippen LogP contribution in [0.5, 0.6) is 0 Å². The third-order valence-corrected chi connectivity index (χ3v) is 14.4. The van der Waals surface area contributed by atoms with Crippen LogP contribution in [0.15, 0.2) is 0 Å². The first-order chi connectivity index (χ1) is 46.5. The molecule has 0 aromatic heterocycles. The van der Waals surface area contributed by atoms with Gasteiger partial charge in [0.05, 0.1) is 0 Å². The monoisotopic (exact) mass is 1410 g/mol. The van der Waals surface area contributed by atoms with Crippen molar-refractivity contribution >= 4 is 70.9 Å². The fraction of sp³-hybridized carbons (Fsp3) is 0.812. The first-order valence-electron chi connectivity index (χ1n) is 34.1. The van der Waals surface area contributed by atoms with Gasteiger partial charge < -0.3 is 116 Å². The molecule has 0 aliphatic heterocycles. The summed E-state index contributed by atoms with van der Waals surface area (Å²) in [4.78, 5) is 143. The first-order valence-corrected chi connectivity index (χ1v) is 34.1. The molecule has 34 nitrogen and oxygen atoms in total. The predicted molar refractivity (Wildman–Crippen MR) is 389 cm³/mol. The molecule has 0 aromatic carbocycles. The SMILES string of the molecule is C.CNC(=O)CCN(CCCN(CCC(=O)NC)CCC(=O)NC)CCC(=O)NC.CNC(=O)CCN(CCCN)CCC(=O)NC.CNC(=O)CCNCCCN.CNC(=O)CCNCCCN(CCC(=O)NC)CCC(=O)NC.CNC(=O)CCNCCCNCCC(=O)NC. The Bertz CT molecular complexity index is 1910. The van der Waals surface area contributed by atoms with Crippen LogP contribution in [0.4, 0.5) is 0 Å². The molecule has 0 radical (unpaired) electrons. The molecule has 0 aliphatic carbocycles. The maximum absolute atomic E-state index is 11.5. The minimum absolute atomic E-state index is 0. The maximum Gasteiger partial charge on any atom is 0.221 e. The van der Waals surface area contributed by atoms with Gasteiger partial charge in [0.25, 0.3) is 0 Å². The summed E-state index contributed by atoms with van der Waals surface area (Å²) in [5.41, 5.74) is 10.7. The Morgan fingerprint density at radius 3 is 0.561 bits per heavy atom. The van der Waals surface area contributed by atoms with Crippen LogP contribution in [0.25, 0.3) is 0 Å². The molecule has 576 valence electrons. The maximum atomic E-state index is 11.5. The first kappa shape index (κ1) is 102. The number of nitrogens with two attached hydrogens (primary N) is 2. The summed E-state index contributed by atoms with van der Waals surface area (Å²) in [5, 5.41) is 43.8. The Kier molecular flexibility index (Phi) is 81.0. The van der Waals surface area contributed by atoms with Gasteiger partial charge in [-0.05, 0) is 97.6 Å². The number of rotatable bonds is 54. The second-order valence-corrected chi connectivity index (χ2v) is 21.8. The van der Waals surface area contributed by atoms with Crippen molar-refractivity contribution < 1.29 is 57.5 Å². The lowest BCUT2D eigenvalue weighted by molar-refractivity contribution is -0.122. The summed E-state index contributed by atoms with van der Waals surface area (Å²) in [7, 11) is 19.4. The molecule has 0 atom stereocenters. The largest absolute Gasteiger partial charge is 0.359 e. The van der Waals surface area contributed by atoms with E-state index in [0.29, 0.717) is 162 Å². The average Bonchev–Trinajstić information content (AvgIpc) is 3.02. The molecule has 0 fully saturated rings. The van der Waals surface area contributed by atoms with Crippen molar-refractivity contribution in [3.05, 3.63) is 0 Å². The highest BCUT2D eigenvalue weighted by molar-refractivity contribution is 5.79. The zero-order chi connectivity index (χ0) is 74.1. The highest BCUT2D eigenvalue weighted by Gasteiger charge is 2.15. The quantitative estimate of drug-likeness (QED) is 0.0253. The summed E-state index contributed by atoms with van der Waals surface area (Å²) in [6, 6.07) is 0. The number of nitrogens with one attached hydrogen (secondary N) is 16. The smallest absolute Gasteiger partial charge is 0.221 e. The predicted octanol–water partition coefficient (Wildman–Crippen LogP) is -5.36. The zero-order valence-corrected chi connectivity index (χ0v) is 61.4. The molecule has 0 spiro atoms. The van der Waals surface area contributed by atoms with Crippen molar-refractivity contribution in [2.45, 2.75) is 117 Å². The molecular formula is C64H138N22O12. The molecular weight excluding hydrogens is 1270 g/mol. The van der Waals surface area contributed by atoms with E-state index in [-0.39, 0.29) is 78.3 Å². The van der Waals surface area contributed by atoms with Crippen LogP contribution in [-0.4, -0.2) is 319 Å². The molecule has 20 N–H and O–H groups in total. The Morgan fingerprint density at radius 1 is 0.204 bits per heavy atom. The minimum atomic E-state index is -0.0345. The van der Waals surface area contributed by atoms with Gasteiger partial charge >= 0.3 is 0 Å². The highest BCUT2D eigenvalue weighted by atomic mass is 16.2. The summed E-state index contributed by atoms with van der Waals surface area (Å²) >= 11 is 0. The van der Waals surface area contributed by atoms with Gasteiger partial charge in [0.1, 0.15) is 0 Å². The summed E-state index contributed by atoms with van der Waals surface area (Å²) < 4.78 is 0. The van der Waals surface area contributed by atoms with E-state index >= 15 is 0 Å². The van der Waals surface area contributed by atoms with Gasteiger partial charge in [0, 0.05) is 240 Å². The standard InChI is InChI=1S/C19H38N6O4.C15H31N5O3.2C11H24N4O2.C7H17N3O.CH4/c1-20-16(26)6-12-24(13-7-17(27)21-2)10-5-11-25(14-8-18(28)22-3)15-9-19(29)23-4;1-16-13(21)5-9-19-8-4-10-20(11-6-14(22)17-2)12-7-15(23)18-3;1-13-10(16)4-8-15(7-3-6-12)9-5-11(17)14-2;1-12-10(16)4-8-14-6-3-7-15-9-5-11(17)13-2;1-9-7(11)3-6-10-5-2-4-8;/h5-15H2,1-4H3,(H,20,26)(H,21,27)(H,22,28)(H,23,29);19H,4-12H2,1-3H3,(H,16,21)(H,17,22)(H,18,23);3-9,12H2,1-2H3,(H,13,16)(H,14,17);14-15H,3-9H2,1-2H3,(H,12,16)(H,13,17);10H,2-6,8H2,1H3,(H,9,11);1H4. The van der Waals surface area contributed by atoms with E-state index in [1.807, 2.05) is 0 Å². The Hall–Kier alpha value is -6.76. The van der Waals surface area contributed by atoms with Gasteiger partial charge in [-0.2, -0.15) is 0 Å². The van der Waals surface area contributed by atoms with Crippen molar-refractivity contribution in [3.8, 4) is 0 Å². The number of hydrogen-bond acceptors (Lipinski definition) is 22. The Labute approximate surface area is 587 Å². The third-order valence-electron chi connectivity index (χ3n) is 14.4. The van der Waals surface area contributed by atoms with E-state index in [4.69, 9.17) is 11.5 Å². The second-order valence-electron chi connectivity index (χ2n) is 21.8. The lowest BCUT2D eigenvalue weighted by Crippen LogP contribution is -2.37. The molecule has 0 aliphatic rings. The highest BCUT2D eigenvalue weighted by Crippen LogP contribution is 2.03. The van der Waals surface area contributed by atoms with Crippen molar-refractivity contribution in [1.29, 1.82) is 0 Å². The van der Waals surface area contributed by atoms with E-state index in [1.54, 1.807) is 84.6 Å². The van der Waals surface area contributed by atoms with Crippen LogP contribution in [0.3, 0.4) is 0 Å². The Balaban J connectivity index is -0.000000278. The van der Waals surface area contributed by atoms with Gasteiger partial charge in [-0.3, -0.25) is 57.5 Å². The molecule has 34 heteroatoms. The topological polar surface area (TPSA) is 462 Å². The van der Waals surface area contributed by atoms with Gasteiger partial charge in [0.15, 0.2) is 0 Å².